The summed E-state index contributed by atoms with van der Waals surface area (Å²) in [5, 5.41) is 5.04. The lowest BCUT2D eigenvalue weighted by Gasteiger charge is -2.27. The van der Waals surface area contributed by atoms with Gasteiger partial charge in [0.25, 0.3) is 0 Å². The molecule has 0 aliphatic heterocycles. The van der Waals surface area contributed by atoms with Crippen LogP contribution in [-0.2, 0) is 0 Å². The highest BCUT2D eigenvalue weighted by Crippen LogP contribution is 2.46. The van der Waals surface area contributed by atoms with Gasteiger partial charge in [0.15, 0.2) is 0 Å². The molecule has 240 valence electrons. The normalized spacial score (nSPS) is 11.1. The van der Waals surface area contributed by atoms with Crippen LogP contribution < -0.4 is 4.90 Å². The summed E-state index contributed by atoms with van der Waals surface area (Å²) in [7, 11) is 0. The zero-order chi connectivity index (χ0) is 34.0. The van der Waals surface area contributed by atoms with Crippen LogP contribution in [0.2, 0.25) is 0 Å². The van der Waals surface area contributed by atoms with Gasteiger partial charge in [-0.25, -0.2) is 0 Å². The molecule has 0 amide bonds. The van der Waals surface area contributed by atoms with Crippen LogP contribution in [0.15, 0.2) is 212 Å². The van der Waals surface area contributed by atoms with Crippen LogP contribution in [0, 0.1) is 0 Å². The van der Waals surface area contributed by atoms with E-state index in [1.54, 1.807) is 0 Å². The fourth-order valence-electron chi connectivity index (χ4n) is 7.46. The molecular formula is C50H35N. The van der Waals surface area contributed by atoms with Crippen molar-refractivity contribution in [3.8, 4) is 44.5 Å². The van der Waals surface area contributed by atoms with Crippen molar-refractivity contribution >= 4 is 38.6 Å². The second-order valence-electron chi connectivity index (χ2n) is 12.9. The van der Waals surface area contributed by atoms with Gasteiger partial charge >= 0.3 is 0 Å². The molecule has 0 aliphatic rings. The molecule has 0 atom stereocenters. The Hall–Kier alpha value is -6.70. The summed E-state index contributed by atoms with van der Waals surface area (Å²) in [5.74, 6) is 0. The van der Waals surface area contributed by atoms with Crippen molar-refractivity contribution in [2.24, 2.45) is 0 Å². The van der Waals surface area contributed by atoms with E-state index in [9.17, 15) is 0 Å². The minimum absolute atomic E-state index is 1.10. The van der Waals surface area contributed by atoms with Gasteiger partial charge in [-0.1, -0.05) is 176 Å². The number of hydrogen-bond acceptors (Lipinski definition) is 1. The molecule has 0 saturated carbocycles. The third-order valence-corrected chi connectivity index (χ3v) is 9.85. The molecule has 0 fully saturated rings. The second-order valence-corrected chi connectivity index (χ2v) is 12.9. The molecule has 1 heteroatoms. The maximum absolute atomic E-state index is 2.37. The summed E-state index contributed by atoms with van der Waals surface area (Å²) in [5.41, 5.74) is 13.0. The van der Waals surface area contributed by atoms with E-state index in [1.807, 2.05) is 0 Å². The molecule has 0 unspecified atom stereocenters. The van der Waals surface area contributed by atoms with E-state index >= 15 is 0 Å². The Morgan fingerprint density at radius 2 is 0.569 bits per heavy atom. The molecule has 9 aromatic rings. The van der Waals surface area contributed by atoms with Gasteiger partial charge in [0.05, 0.1) is 0 Å². The summed E-state index contributed by atoms with van der Waals surface area (Å²) in [6.07, 6.45) is 0. The fourth-order valence-corrected chi connectivity index (χ4v) is 7.46. The molecule has 9 rings (SSSR count). The number of fused-ring (bicyclic) bond motifs is 3. The molecule has 0 N–H and O–H groups in total. The lowest BCUT2D eigenvalue weighted by atomic mass is 9.85. The molecule has 0 spiro atoms. The Labute approximate surface area is 299 Å². The number of nitrogens with zero attached hydrogens (tertiary/aromatic N) is 1. The van der Waals surface area contributed by atoms with Crippen molar-refractivity contribution in [3.63, 3.8) is 0 Å². The molecule has 0 bridgehead atoms. The molecule has 9 aromatic carbocycles. The quantitative estimate of drug-likeness (QED) is 0.155. The molecule has 0 radical (unpaired) electrons. The van der Waals surface area contributed by atoms with E-state index in [1.165, 1.54) is 66.1 Å². The molecule has 0 aliphatic carbocycles. The Kier molecular flexibility index (Phi) is 7.92. The number of rotatable bonds is 7. The highest BCUT2D eigenvalue weighted by atomic mass is 15.1. The van der Waals surface area contributed by atoms with Crippen molar-refractivity contribution in [3.05, 3.63) is 212 Å². The third kappa shape index (κ3) is 5.75. The summed E-state index contributed by atoms with van der Waals surface area (Å²) in [6, 6.07) is 76.6. The van der Waals surface area contributed by atoms with E-state index in [0.717, 1.165) is 17.1 Å². The van der Waals surface area contributed by atoms with Crippen LogP contribution in [0.4, 0.5) is 17.1 Å². The van der Waals surface area contributed by atoms with Gasteiger partial charge in [-0.3, -0.25) is 0 Å². The highest BCUT2D eigenvalue weighted by molar-refractivity contribution is 6.21. The van der Waals surface area contributed by atoms with Crippen molar-refractivity contribution in [1.82, 2.24) is 0 Å². The zero-order valence-corrected chi connectivity index (χ0v) is 28.2. The Bertz CT molecular complexity index is 2510. The Morgan fingerprint density at radius 1 is 0.216 bits per heavy atom. The van der Waals surface area contributed by atoms with E-state index in [4.69, 9.17) is 0 Å². The van der Waals surface area contributed by atoms with Crippen LogP contribution in [-0.4, -0.2) is 0 Å². The van der Waals surface area contributed by atoms with E-state index in [-0.39, 0.29) is 0 Å². The first-order valence-electron chi connectivity index (χ1n) is 17.5. The maximum atomic E-state index is 2.37. The van der Waals surface area contributed by atoms with Gasteiger partial charge < -0.3 is 4.90 Å². The van der Waals surface area contributed by atoms with Crippen LogP contribution in [0.5, 0.6) is 0 Å². The van der Waals surface area contributed by atoms with Gasteiger partial charge in [0.2, 0.25) is 0 Å². The van der Waals surface area contributed by atoms with Crippen molar-refractivity contribution in [1.29, 1.82) is 0 Å². The maximum Gasteiger partial charge on any atom is 0.0467 e. The Morgan fingerprint density at radius 3 is 1.04 bits per heavy atom. The summed E-state index contributed by atoms with van der Waals surface area (Å²) in [6.45, 7) is 0. The summed E-state index contributed by atoms with van der Waals surface area (Å²) >= 11 is 0. The van der Waals surface area contributed by atoms with Crippen molar-refractivity contribution in [2.75, 3.05) is 4.90 Å². The molecule has 51 heavy (non-hydrogen) atoms. The highest BCUT2D eigenvalue weighted by Gasteiger charge is 2.19. The standard InChI is InChI=1S/C50H35N/c1-4-15-36(16-5-1)38-27-31-42(32-28-38)51(43-33-29-39(30-34-43)37-17-6-2-7-18-37)44-22-14-21-41(35-44)50-48-26-13-11-24-46(48)45-23-10-12-25-47(45)49(50)40-19-8-3-9-20-40/h1-35H. The second kappa shape index (κ2) is 13.3. The smallest absolute Gasteiger partial charge is 0.0467 e. The minimum Gasteiger partial charge on any atom is -0.310 e. The average Bonchev–Trinajstić information content (AvgIpc) is 3.22. The average molecular weight is 650 g/mol. The number of anilines is 3. The number of benzene rings is 9. The largest absolute Gasteiger partial charge is 0.310 e. The van der Waals surface area contributed by atoms with Gasteiger partial charge in [-0.05, 0) is 102 Å². The van der Waals surface area contributed by atoms with Gasteiger partial charge in [0.1, 0.15) is 0 Å². The van der Waals surface area contributed by atoms with Crippen LogP contribution in [0.1, 0.15) is 0 Å². The lowest BCUT2D eigenvalue weighted by Crippen LogP contribution is -2.10. The minimum atomic E-state index is 1.10. The van der Waals surface area contributed by atoms with Crippen molar-refractivity contribution in [2.45, 2.75) is 0 Å². The van der Waals surface area contributed by atoms with Crippen LogP contribution in [0.25, 0.3) is 66.1 Å². The SMILES string of the molecule is c1ccc(-c2ccc(N(c3ccc(-c4ccccc4)cc3)c3cccc(-c4c(-c5ccccc5)c5ccccc5c5ccccc45)c3)cc2)cc1. The summed E-state index contributed by atoms with van der Waals surface area (Å²) < 4.78 is 0. The van der Waals surface area contributed by atoms with Crippen LogP contribution >= 0.6 is 0 Å². The first-order valence-corrected chi connectivity index (χ1v) is 17.5. The first kappa shape index (κ1) is 30.4. The molecule has 1 nitrogen and oxygen atoms in total. The topological polar surface area (TPSA) is 3.24 Å². The third-order valence-electron chi connectivity index (χ3n) is 9.85. The first-order chi connectivity index (χ1) is 25.3. The van der Waals surface area contributed by atoms with Gasteiger partial charge in [0, 0.05) is 17.1 Å². The molecule has 0 aromatic heterocycles. The van der Waals surface area contributed by atoms with Gasteiger partial charge in [-0.2, -0.15) is 0 Å². The molecular weight excluding hydrogens is 615 g/mol. The predicted molar refractivity (Wildman–Crippen MR) is 218 cm³/mol. The summed E-state index contributed by atoms with van der Waals surface area (Å²) in [4.78, 5) is 2.37. The Balaban J connectivity index is 1.24. The lowest BCUT2D eigenvalue weighted by molar-refractivity contribution is 1.28. The number of hydrogen-bond donors (Lipinski definition) is 0. The van der Waals surface area contributed by atoms with E-state index < -0.39 is 0 Å². The molecule has 0 saturated heterocycles. The van der Waals surface area contributed by atoms with Crippen LogP contribution in [0.3, 0.4) is 0 Å². The molecule has 0 heterocycles. The predicted octanol–water partition coefficient (Wildman–Crippen LogP) is 14.1. The van der Waals surface area contributed by atoms with Gasteiger partial charge in [-0.15, -0.1) is 0 Å². The van der Waals surface area contributed by atoms with Crippen molar-refractivity contribution < 1.29 is 0 Å². The zero-order valence-electron chi connectivity index (χ0n) is 28.2. The van der Waals surface area contributed by atoms with E-state index in [2.05, 4.69) is 217 Å². The monoisotopic (exact) mass is 649 g/mol. The van der Waals surface area contributed by atoms with E-state index in [0.29, 0.717) is 0 Å². The fraction of sp³-hybridized carbons (Fsp3) is 0.